The van der Waals surface area contributed by atoms with Gasteiger partial charge >= 0.3 is 6.18 Å². The molecule has 3 atom stereocenters. The molecule has 36 heavy (non-hydrogen) atoms. The summed E-state index contributed by atoms with van der Waals surface area (Å²) in [5.41, 5.74) is 1.99. The number of nitrogens with one attached hydrogen (secondary N) is 1. The molecule has 3 aliphatic heterocycles. The summed E-state index contributed by atoms with van der Waals surface area (Å²) < 4.78 is 40.7. The number of halogens is 3. The Bertz CT molecular complexity index is 1200. The zero-order valence-electron chi connectivity index (χ0n) is 20.6. The monoisotopic (exact) mass is 503 g/mol. The molecule has 2 saturated heterocycles. The van der Waals surface area contributed by atoms with Gasteiger partial charge in [-0.15, -0.1) is 0 Å². The van der Waals surface area contributed by atoms with E-state index in [1.165, 1.54) is 11.8 Å². The van der Waals surface area contributed by atoms with Crippen LogP contribution in [0.25, 0.3) is 0 Å². The number of hydrogen-bond acceptors (Lipinski definition) is 5. The van der Waals surface area contributed by atoms with Gasteiger partial charge in [0.25, 0.3) is 0 Å². The average Bonchev–Trinajstić information content (AvgIpc) is 3.43. The number of benzene rings is 1. The molecule has 3 aliphatic rings. The number of anilines is 3. The largest absolute Gasteiger partial charge is 0.416 e. The van der Waals surface area contributed by atoms with E-state index in [0.29, 0.717) is 12.5 Å². The van der Waals surface area contributed by atoms with Crippen LogP contribution in [0.3, 0.4) is 0 Å². The molecule has 7 nitrogen and oxygen atoms in total. The van der Waals surface area contributed by atoms with Crippen molar-refractivity contribution < 1.29 is 24.2 Å². The smallest absolute Gasteiger partial charge is 0.369 e. The predicted octanol–water partition coefficient (Wildman–Crippen LogP) is 3.78. The van der Waals surface area contributed by atoms with Gasteiger partial charge in [-0.1, -0.05) is 12.1 Å². The zero-order chi connectivity index (χ0) is 25.8. The van der Waals surface area contributed by atoms with Crippen LogP contribution in [-0.4, -0.2) is 56.1 Å². The molecule has 1 aromatic carbocycles. The van der Waals surface area contributed by atoms with Crippen LogP contribution in [0.2, 0.25) is 0 Å². The summed E-state index contributed by atoms with van der Waals surface area (Å²) in [6.45, 7) is 6.55. The first-order valence-corrected chi connectivity index (χ1v) is 12.3. The molecular formula is C26H32F3N5O2. The Labute approximate surface area is 209 Å². The Balaban J connectivity index is 0.00000320. The Morgan fingerprint density at radius 3 is 2.67 bits per heavy atom. The van der Waals surface area contributed by atoms with Crippen molar-refractivity contribution in [2.24, 2.45) is 11.8 Å². The number of hydrogen-bond donors (Lipinski definition) is 1. The lowest BCUT2D eigenvalue weighted by Crippen LogP contribution is -2.53. The lowest BCUT2D eigenvalue weighted by atomic mass is 9.94. The van der Waals surface area contributed by atoms with E-state index in [9.17, 15) is 22.8 Å². The number of alkyl halides is 3. The van der Waals surface area contributed by atoms with Crippen molar-refractivity contribution in [3.63, 3.8) is 0 Å². The van der Waals surface area contributed by atoms with Crippen molar-refractivity contribution in [3.05, 3.63) is 47.2 Å². The van der Waals surface area contributed by atoms with E-state index in [1.54, 1.807) is 11.9 Å². The maximum Gasteiger partial charge on any atom is 0.416 e. The number of aromatic nitrogens is 1. The summed E-state index contributed by atoms with van der Waals surface area (Å²) in [5, 5.41) is 3.40. The Kier molecular flexibility index (Phi) is 6.18. The lowest BCUT2D eigenvalue weighted by Gasteiger charge is -2.40. The van der Waals surface area contributed by atoms with E-state index < -0.39 is 17.8 Å². The van der Waals surface area contributed by atoms with E-state index in [4.69, 9.17) is 0 Å². The van der Waals surface area contributed by atoms with Crippen LogP contribution in [0, 0.1) is 25.7 Å². The summed E-state index contributed by atoms with van der Waals surface area (Å²) in [5.74, 6) is -0.790. The van der Waals surface area contributed by atoms with Gasteiger partial charge in [0, 0.05) is 39.6 Å². The standard InChI is InChI=1S/C26H30F3N5O2.H2/c1-15-5-4-6-20-23(15)33(13-17-7-8-30-12-17)14-18-10-22(35)34(24(18)25(36)32(20)3)21-11-19(26(27,28)29)9-16(2)31-21;/h4-6,9,11,17-18,24,30H,7-8,10,12-14H2,1-3H3;1H/t17-,18-,24+;/m1./s1. The fraction of sp³-hybridized carbons (Fsp3) is 0.500. The summed E-state index contributed by atoms with van der Waals surface area (Å²) in [4.78, 5) is 36.4. The number of carbonyl (C=O) groups is 2. The Morgan fingerprint density at radius 1 is 1.19 bits per heavy atom. The number of fused-ring (bicyclic) bond motifs is 2. The molecule has 1 N–H and O–H groups in total. The van der Waals surface area contributed by atoms with Gasteiger partial charge < -0.3 is 15.1 Å². The highest BCUT2D eigenvalue weighted by Gasteiger charge is 2.49. The minimum Gasteiger partial charge on any atom is -0.369 e. The maximum atomic E-state index is 13.9. The minimum atomic E-state index is -4.59. The molecule has 0 aliphatic carbocycles. The zero-order valence-corrected chi connectivity index (χ0v) is 20.6. The first-order chi connectivity index (χ1) is 17.0. The second-order valence-corrected chi connectivity index (χ2v) is 10.1. The molecule has 1 aromatic heterocycles. The normalized spacial score (nSPS) is 24.6. The molecule has 0 bridgehead atoms. The van der Waals surface area contributed by atoms with E-state index in [-0.39, 0.29) is 37.1 Å². The average molecular weight is 504 g/mol. The van der Waals surface area contributed by atoms with Crippen LogP contribution in [0.15, 0.2) is 30.3 Å². The molecule has 10 heteroatoms. The third kappa shape index (κ3) is 4.31. The third-order valence-electron chi connectivity index (χ3n) is 7.52. The van der Waals surface area contributed by atoms with Crippen LogP contribution in [0.1, 0.15) is 31.1 Å². The van der Waals surface area contributed by atoms with Gasteiger partial charge in [0.15, 0.2) is 0 Å². The van der Waals surface area contributed by atoms with E-state index in [0.717, 1.165) is 55.1 Å². The molecule has 0 unspecified atom stereocenters. The number of rotatable bonds is 3. The molecule has 194 valence electrons. The molecular weight excluding hydrogens is 471 g/mol. The van der Waals surface area contributed by atoms with Gasteiger partial charge in [0.1, 0.15) is 11.9 Å². The van der Waals surface area contributed by atoms with Gasteiger partial charge in [-0.05, 0) is 63.0 Å². The van der Waals surface area contributed by atoms with Gasteiger partial charge in [0.2, 0.25) is 11.8 Å². The molecule has 2 aromatic rings. The van der Waals surface area contributed by atoms with Crippen LogP contribution in [0.5, 0.6) is 0 Å². The van der Waals surface area contributed by atoms with Crippen LogP contribution in [0.4, 0.5) is 30.4 Å². The van der Waals surface area contributed by atoms with E-state index in [2.05, 4.69) is 15.2 Å². The topological polar surface area (TPSA) is 68.8 Å². The van der Waals surface area contributed by atoms with E-state index in [1.807, 2.05) is 25.1 Å². The van der Waals surface area contributed by atoms with Crippen LogP contribution >= 0.6 is 0 Å². The van der Waals surface area contributed by atoms with Crippen molar-refractivity contribution >= 4 is 29.0 Å². The number of likely N-dealkylation sites (N-methyl/N-ethyl adjacent to an activating group) is 1. The van der Waals surface area contributed by atoms with Crippen molar-refractivity contribution in [3.8, 4) is 0 Å². The number of carbonyl (C=O) groups excluding carboxylic acids is 2. The summed E-state index contributed by atoms with van der Waals surface area (Å²) >= 11 is 0. The highest BCUT2D eigenvalue weighted by Crippen LogP contribution is 2.42. The fourth-order valence-corrected chi connectivity index (χ4v) is 5.85. The molecule has 2 fully saturated rings. The van der Waals surface area contributed by atoms with Gasteiger partial charge in [0.05, 0.1) is 16.9 Å². The number of pyridine rings is 1. The number of nitrogens with zero attached hydrogens (tertiary/aromatic N) is 4. The molecule has 2 amide bonds. The predicted molar refractivity (Wildman–Crippen MR) is 133 cm³/mol. The third-order valence-corrected chi connectivity index (χ3v) is 7.52. The van der Waals surface area contributed by atoms with Crippen molar-refractivity contribution in [1.29, 1.82) is 0 Å². The van der Waals surface area contributed by atoms with Crippen LogP contribution in [-0.2, 0) is 15.8 Å². The summed E-state index contributed by atoms with van der Waals surface area (Å²) in [6, 6.07) is 6.67. The number of para-hydroxylation sites is 1. The van der Waals surface area contributed by atoms with Gasteiger partial charge in [-0.2, -0.15) is 13.2 Å². The Morgan fingerprint density at radius 2 is 1.97 bits per heavy atom. The molecule has 4 heterocycles. The summed E-state index contributed by atoms with van der Waals surface area (Å²) in [6.07, 6.45) is -3.48. The highest BCUT2D eigenvalue weighted by atomic mass is 19.4. The molecule has 0 spiro atoms. The van der Waals surface area contributed by atoms with Gasteiger partial charge in [-0.3, -0.25) is 14.5 Å². The summed E-state index contributed by atoms with van der Waals surface area (Å²) in [7, 11) is 1.67. The Hall–Kier alpha value is -3.14. The molecule has 0 radical (unpaired) electrons. The molecule has 5 rings (SSSR count). The maximum absolute atomic E-state index is 13.9. The highest BCUT2D eigenvalue weighted by molar-refractivity contribution is 6.10. The van der Waals surface area contributed by atoms with Crippen molar-refractivity contribution in [1.82, 2.24) is 10.3 Å². The number of aryl methyl sites for hydroxylation is 2. The first-order valence-electron chi connectivity index (χ1n) is 12.3. The van der Waals surface area contributed by atoms with Crippen molar-refractivity contribution in [2.45, 2.75) is 38.9 Å². The SMILES string of the molecule is Cc1cc(C(F)(F)F)cc(N2C(=O)C[C@@H]3CN(C[C@@H]4CCNC4)c4c(C)cccc4N(C)C(=O)[C@H]32)n1.[HH]. The number of amides is 2. The second kappa shape index (κ2) is 9.06. The minimum absolute atomic E-state index is 0. The quantitative estimate of drug-likeness (QED) is 0.691. The van der Waals surface area contributed by atoms with E-state index >= 15 is 0 Å². The van der Waals surface area contributed by atoms with Gasteiger partial charge in [-0.25, -0.2) is 4.98 Å². The lowest BCUT2D eigenvalue weighted by molar-refractivity contribution is -0.137. The second-order valence-electron chi connectivity index (χ2n) is 10.1. The van der Waals surface area contributed by atoms with Crippen LogP contribution < -0.4 is 20.0 Å². The molecule has 0 saturated carbocycles. The first kappa shape index (κ1) is 24.5. The van der Waals surface area contributed by atoms with Crippen molar-refractivity contribution in [2.75, 3.05) is 47.9 Å². The fourth-order valence-electron chi connectivity index (χ4n) is 5.85.